The van der Waals surface area contributed by atoms with Crippen molar-refractivity contribution >= 4 is 5.95 Å². The molecule has 4 nitrogen and oxygen atoms in total. The Morgan fingerprint density at radius 3 is 2.67 bits per heavy atom. The molecule has 2 heterocycles. The minimum absolute atomic E-state index is 0.361. The number of aromatic nitrogens is 2. The smallest absolute Gasteiger partial charge is 0.206 e. The Balaban J connectivity index is 1.87. The number of hydrogen-bond acceptors (Lipinski definition) is 3. The molecule has 1 aromatic rings. The summed E-state index contributed by atoms with van der Waals surface area (Å²) >= 11 is 0. The first-order valence-electron chi connectivity index (χ1n) is 8.79. The van der Waals surface area contributed by atoms with Crippen LogP contribution in [0.1, 0.15) is 70.5 Å². The molecule has 0 amide bonds. The van der Waals surface area contributed by atoms with Gasteiger partial charge in [-0.1, -0.05) is 26.2 Å². The molecule has 1 saturated heterocycles. The van der Waals surface area contributed by atoms with E-state index in [1.165, 1.54) is 43.7 Å². The first-order chi connectivity index (χ1) is 10.2. The van der Waals surface area contributed by atoms with E-state index in [-0.39, 0.29) is 0 Å². The standard InChI is InChI=1S/C17H30N4/c1-3-15-12-21(16-7-5-4-6-8-16)17(19-15)20-10-9-14(18)11-13(20)2/h12-14,16H,3-11,18H2,1-2H3. The van der Waals surface area contributed by atoms with Crippen molar-refractivity contribution in [1.29, 1.82) is 0 Å². The summed E-state index contributed by atoms with van der Waals surface area (Å²) in [5, 5.41) is 0. The summed E-state index contributed by atoms with van der Waals surface area (Å²) in [4.78, 5) is 7.45. The molecule has 21 heavy (non-hydrogen) atoms. The molecule has 2 unspecified atom stereocenters. The number of nitrogens with zero attached hydrogens (tertiary/aromatic N) is 3. The molecule has 1 aromatic heterocycles. The van der Waals surface area contributed by atoms with Gasteiger partial charge in [-0.15, -0.1) is 0 Å². The van der Waals surface area contributed by atoms with Crippen LogP contribution in [0.15, 0.2) is 6.20 Å². The van der Waals surface area contributed by atoms with Gasteiger partial charge in [0.15, 0.2) is 0 Å². The molecular formula is C17H30N4. The average molecular weight is 290 g/mol. The summed E-state index contributed by atoms with van der Waals surface area (Å²) in [6.45, 7) is 5.55. The molecule has 4 heteroatoms. The summed E-state index contributed by atoms with van der Waals surface area (Å²) in [6, 6.07) is 1.52. The Labute approximate surface area is 128 Å². The van der Waals surface area contributed by atoms with Crippen molar-refractivity contribution in [2.75, 3.05) is 11.4 Å². The van der Waals surface area contributed by atoms with E-state index in [1.54, 1.807) is 0 Å². The Bertz CT molecular complexity index is 461. The topological polar surface area (TPSA) is 47.1 Å². The Kier molecular flexibility index (Phi) is 4.53. The van der Waals surface area contributed by atoms with Crippen LogP contribution in [0.2, 0.25) is 0 Å². The Morgan fingerprint density at radius 2 is 2.00 bits per heavy atom. The van der Waals surface area contributed by atoms with Crippen LogP contribution in [0.4, 0.5) is 5.95 Å². The van der Waals surface area contributed by atoms with E-state index in [1.807, 2.05) is 0 Å². The molecule has 1 aliphatic heterocycles. The summed E-state index contributed by atoms with van der Waals surface area (Å²) in [7, 11) is 0. The average Bonchev–Trinajstić information content (AvgIpc) is 2.92. The van der Waals surface area contributed by atoms with Gasteiger partial charge in [0.25, 0.3) is 0 Å². The van der Waals surface area contributed by atoms with Crippen molar-refractivity contribution in [3.05, 3.63) is 11.9 Å². The molecule has 0 radical (unpaired) electrons. The predicted octanol–water partition coefficient (Wildman–Crippen LogP) is 3.27. The fourth-order valence-corrected chi connectivity index (χ4v) is 3.95. The second-order valence-corrected chi connectivity index (χ2v) is 6.91. The van der Waals surface area contributed by atoms with Crippen molar-refractivity contribution in [1.82, 2.24) is 9.55 Å². The van der Waals surface area contributed by atoms with Crippen molar-refractivity contribution in [2.24, 2.45) is 5.73 Å². The highest BCUT2D eigenvalue weighted by molar-refractivity contribution is 5.37. The maximum absolute atomic E-state index is 6.12. The van der Waals surface area contributed by atoms with Gasteiger partial charge in [-0.05, 0) is 39.0 Å². The highest BCUT2D eigenvalue weighted by Crippen LogP contribution is 2.33. The lowest BCUT2D eigenvalue weighted by atomic mass is 9.95. The third-order valence-electron chi connectivity index (χ3n) is 5.27. The fraction of sp³-hybridized carbons (Fsp3) is 0.824. The largest absolute Gasteiger partial charge is 0.339 e. The van der Waals surface area contributed by atoms with Gasteiger partial charge in [-0.3, -0.25) is 0 Å². The van der Waals surface area contributed by atoms with Crippen LogP contribution in [0, 0.1) is 0 Å². The molecule has 2 fully saturated rings. The number of anilines is 1. The summed E-state index contributed by atoms with van der Waals surface area (Å²) in [6.07, 6.45) is 12.3. The lowest BCUT2D eigenvalue weighted by Crippen LogP contribution is -2.46. The maximum Gasteiger partial charge on any atom is 0.206 e. The van der Waals surface area contributed by atoms with Crippen LogP contribution in [-0.2, 0) is 6.42 Å². The monoisotopic (exact) mass is 290 g/mol. The van der Waals surface area contributed by atoms with Crippen molar-refractivity contribution in [3.8, 4) is 0 Å². The van der Waals surface area contributed by atoms with Crippen LogP contribution >= 0.6 is 0 Å². The maximum atomic E-state index is 6.12. The van der Waals surface area contributed by atoms with Crippen LogP contribution < -0.4 is 10.6 Å². The zero-order valence-corrected chi connectivity index (χ0v) is 13.6. The van der Waals surface area contributed by atoms with Crippen LogP contribution in [-0.4, -0.2) is 28.2 Å². The lowest BCUT2D eigenvalue weighted by Gasteiger charge is -2.38. The van der Waals surface area contributed by atoms with E-state index in [0.717, 1.165) is 25.8 Å². The van der Waals surface area contributed by atoms with E-state index in [0.29, 0.717) is 18.1 Å². The number of piperidine rings is 1. The molecule has 1 saturated carbocycles. The molecule has 2 atom stereocenters. The van der Waals surface area contributed by atoms with Gasteiger partial charge >= 0.3 is 0 Å². The van der Waals surface area contributed by atoms with Gasteiger partial charge in [0, 0.05) is 30.9 Å². The van der Waals surface area contributed by atoms with E-state index >= 15 is 0 Å². The number of imidazole rings is 1. The van der Waals surface area contributed by atoms with Gasteiger partial charge in [0.05, 0.1) is 5.69 Å². The molecule has 0 bridgehead atoms. The molecule has 118 valence electrons. The molecule has 1 aliphatic carbocycles. The second kappa shape index (κ2) is 6.39. The van der Waals surface area contributed by atoms with Crippen LogP contribution in [0.25, 0.3) is 0 Å². The van der Waals surface area contributed by atoms with Gasteiger partial charge in [-0.25, -0.2) is 4.98 Å². The van der Waals surface area contributed by atoms with Gasteiger partial charge < -0.3 is 15.2 Å². The Hall–Kier alpha value is -1.03. The number of hydrogen-bond donors (Lipinski definition) is 1. The first kappa shape index (κ1) is 14.9. The van der Waals surface area contributed by atoms with Crippen LogP contribution in [0.5, 0.6) is 0 Å². The molecule has 2 N–H and O–H groups in total. The zero-order chi connectivity index (χ0) is 14.8. The molecule has 3 rings (SSSR count). The third kappa shape index (κ3) is 3.10. The quantitative estimate of drug-likeness (QED) is 0.929. The lowest BCUT2D eigenvalue weighted by molar-refractivity contribution is 0.345. The van der Waals surface area contributed by atoms with Crippen molar-refractivity contribution in [2.45, 2.75) is 83.3 Å². The minimum atomic E-state index is 0.361. The van der Waals surface area contributed by atoms with E-state index in [2.05, 4.69) is 29.5 Å². The van der Waals surface area contributed by atoms with Crippen LogP contribution in [0.3, 0.4) is 0 Å². The first-order valence-corrected chi connectivity index (χ1v) is 8.79. The normalized spacial score (nSPS) is 28.0. The molecule has 0 aromatic carbocycles. The van der Waals surface area contributed by atoms with E-state index in [4.69, 9.17) is 10.7 Å². The van der Waals surface area contributed by atoms with Crippen molar-refractivity contribution in [3.63, 3.8) is 0 Å². The van der Waals surface area contributed by atoms with Gasteiger partial charge in [-0.2, -0.15) is 0 Å². The fourth-order valence-electron chi connectivity index (χ4n) is 3.95. The van der Waals surface area contributed by atoms with Crippen molar-refractivity contribution < 1.29 is 0 Å². The summed E-state index contributed by atoms with van der Waals surface area (Å²) in [5.41, 5.74) is 7.36. The highest BCUT2D eigenvalue weighted by Gasteiger charge is 2.29. The van der Waals surface area contributed by atoms with E-state index < -0.39 is 0 Å². The molecule has 2 aliphatic rings. The minimum Gasteiger partial charge on any atom is -0.339 e. The number of rotatable bonds is 3. The summed E-state index contributed by atoms with van der Waals surface area (Å²) in [5.74, 6) is 1.21. The molecular weight excluding hydrogens is 260 g/mol. The zero-order valence-electron chi connectivity index (χ0n) is 13.6. The van der Waals surface area contributed by atoms with E-state index in [9.17, 15) is 0 Å². The summed E-state index contributed by atoms with van der Waals surface area (Å²) < 4.78 is 2.49. The SMILES string of the molecule is CCc1cn(C2CCCCC2)c(N2CCC(N)CC2C)n1. The highest BCUT2D eigenvalue weighted by atomic mass is 15.3. The molecule has 0 spiro atoms. The van der Waals surface area contributed by atoms with Gasteiger partial charge in [0.1, 0.15) is 0 Å². The predicted molar refractivity (Wildman–Crippen MR) is 87.7 cm³/mol. The van der Waals surface area contributed by atoms with Gasteiger partial charge in [0.2, 0.25) is 5.95 Å². The second-order valence-electron chi connectivity index (χ2n) is 6.91. The number of aryl methyl sites for hydroxylation is 1. The third-order valence-corrected chi connectivity index (χ3v) is 5.27. The Morgan fingerprint density at radius 1 is 1.24 bits per heavy atom. The number of nitrogens with two attached hydrogens (primary N) is 1.